The van der Waals surface area contributed by atoms with Crippen LogP contribution >= 0.6 is 0 Å². The van der Waals surface area contributed by atoms with Crippen LogP contribution in [0.5, 0.6) is 0 Å². The highest BCUT2D eigenvalue weighted by Crippen LogP contribution is 2.32. The van der Waals surface area contributed by atoms with Crippen molar-refractivity contribution in [2.75, 3.05) is 0 Å². The van der Waals surface area contributed by atoms with E-state index in [9.17, 15) is 14.4 Å². The van der Waals surface area contributed by atoms with Gasteiger partial charge in [0, 0.05) is 16.7 Å². The summed E-state index contributed by atoms with van der Waals surface area (Å²) < 4.78 is 0. The zero-order valence-electron chi connectivity index (χ0n) is 13.3. The minimum atomic E-state index is -0.268. The van der Waals surface area contributed by atoms with Crippen molar-refractivity contribution in [2.24, 2.45) is 0 Å². The molecule has 0 aliphatic heterocycles. The molecule has 3 rings (SSSR count). The van der Waals surface area contributed by atoms with Crippen LogP contribution in [-0.2, 0) is 0 Å². The number of carbonyl (C=O) groups is 3. The fourth-order valence-electron chi connectivity index (χ4n) is 3.16. The number of fused-ring (bicyclic) bond motifs is 3. The summed E-state index contributed by atoms with van der Waals surface area (Å²) in [6.45, 7) is 4.24. The zero-order valence-corrected chi connectivity index (χ0v) is 13.3. The fraction of sp³-hybridized carbons (Fsp3) is 0.150. The molecule has 0 aromatic heterocycles. The van der Waals surface area contributed by atoms with E-state index in [0.29, 0.717) is 16.5 Å². The summed E-state index contributed by atoms with van der Waals surface area (Å²) in [6.07, 6.45) is 0. The maximum atomic E-state index is 12.2. The molecule has 0 bridgehead atoms. The number of rotatable bonds is 3. The normalized spacial score (nSPS) is 10.9. The highest BCUT2D eigenvalue weighted by Gasteiger charge is 2.22. The van der Waals surface area contributed by atoms with E-state index < -0.39 is 0 Å². The number of benzene rings is 3. The van der Waals surface area contributed by atoms with Gasteiger partial charge >= 0.3 is 0 Å². The van der Waals surface area contributed by atoms with Gasteiger partial charge in [-0.3, -0.25) is 14.4 Å². The van der Waals surface area contributed by atoms with Gasteiger partial charge in [0.25, 0.3) is 0 Å². The first kappa shape index (κ1) is 15.1. The maximum Gasteiger partial charge on any atom is 0.161 e. The van der Waals surface area contributed by atoms with Crippen molar-refractivity contribution in [3.63, 3.8) is 0 Å². The molecule has 3 aromatic carbocycles. The minimum absolute atomic E-state index is 0.210. The molecule has 23 heavy (non-hydrogen) atoms. The second-order valence-corrected chi connectivity index (χ2v) is 5.72. The SMILES string of the molecule is CC(=O)c1cc2c(ccc3ccccc32)c(C(C)=O)c1C(C)=O. The van der Waals surface area contributed by atoms with Gasteiger partial charge in [0.2, 0.25) is 0 Å². The van der Waals surface area contributed by atoms with E-state index in [-0.39, 0.29) is 22.9 Å². The summed E-state index contributed by atoms with van der Waals surface area (Å²) in [7, 11) is 0. The van der Waals surface area contributed by atoms with Gasteiger partial charge in [0.15, 0.2) is 17.3 Å². The van der Waals surface area contributed by atoms with E-state index in [4.69, 9.17) is 0 Å². The summed E-state index contributed by atoms with van der Waals surface area (Å²) in [6, 6.07) is 13.3. The van der Waals surface area contributed by atoms with Crippen LogP contribution in [0.1, 0.15) is 51.8 Å². The Balaban J connectivity index is 2.63. The molecular weight excluding hydrogens is 288 g/mol. The van der Waals surface area contributed by atoms with Gasteiger partial charge < -0.3 is 0 Å². The Bertz CT molecular complexity index is 997. The highest BCUT2D eigenvalue weighted by molar-refractivity contribution is 6.24. The van der Waals surface area contributed by atoms with Crippen LogP contribution in [0.3, 0.4) is 0 Å². The molecule has 0 radical (unpaired) electrons. The van der Waals surface area contributed by atoms with Gasteiger partial charge in [0.05, 0.1) is 0 Å². The third kappa shape index (κ3) is 2.34. The Morgan fingerprint density at radius 1 is 0.652 bits per heavy atom. The van der Waals surface area contributed by atoms with Gasteiger partial charge in [0.1, 0.15) is 0 Å². The van der Waals surface area contributed by atoms with Crippen LogP contribution < -0.4 is 0 Å². The van der Waals surface area contributed by atoms with E-state index in [1.54, 1.807) is 6.07 Å². The van der Waals surface area contributed by atoms with Gasteiger partial charge in [-0.15, -0.1) is 0 Å². The molecular formula is C20H16O3. The van der Waals surface area contributed by atoms with Gasteiger partial charge in [-0.25, -0.2) is 0 Å². The molecule has 0 spiro atoms. The van der Waals surface area contributed by atoms with E-state index in [1.807, 2.05) is 36.4 Å². The van der Waals surface area contributed by atoms with E-state index >= 15 is 0 Å². The summed E-state index contributed by atoms with van der Waals surface area (Å²) in [4.78, 5) is 36.4. The van der Waals surface area contributed by atoms with Gasteiger partial charge in [-0.2, -0.15) is 0 Å². The average molecular weight is 304 g/mol. The largest absolute Gasteiger partial charge is 0.294 e. The summed E-state index contributed by atoms with van der Waals surface area (Å²) in [5.41, 5.74) is 0.880. The molecule has 0 saturated carbocycles. The van der Waals surface area contributed by atoms with Gasteiger partial charge in [-0.05, 0) is 48.4 Å². The van der Waals surface area contributed by atoms with Crippen LogP contribution in [0.2, 0.25) is 0 Å². The quantitative estimate of drug-likeness (QED) is 0.525. The highest BCUT2D eigenvalue weighted by atomic mass is 16.1. The van der Waals surface area contributed by atoms with Crippen molar-refractivity contribution < 1.29 is 14.4 Å². The first-order chi connectivity index (χ1) is 10.9. The molecule has 3 aromatic rings. The summed E-state index contributed by atoms with van der Waals surface area (Å²) in [5.74, 6) is -0.693. The molecule has 0 unspecified atom stereocenters. The summed E-state index contributed by atoms with van der Waals surface area (Å²) in [5, 5.41) is 3.53. The lowest BCUT2D eigenvalue weighted by atomic mass is 9.87. The van der Waals surface area contributed by atoms with E-state index in [2.05, 4.69) is 0 Å². The number of carbonyl (C=O) groups excluding carboxylic acids is 3. The second-order valence-electron chi connectivity index (χ2n) is 5.72. The number of Topliss-reactive ketones (excluding diaryl/α,β-unsaturated/α-hetero) is 3. The van der Waals surface area contributed by atoms with Crippen molar-refractivity contribution in [2.45, 2.75) is 20.8 Å². The van der Waals surface area contributed by atoms with Crippen molar-refractivity contribution in [3.8, 4) is 0 Å². The van der Waals surface area contributed by atoms with Crippen molar-refractivity contribution >= 4 is 38.9 Å². The molecule has 3 heteroatoms. The molecule has 114 valence electrons. The average Bonchev–Trinajstić information content (AvgIpc) is 2.52. The Kier molecular flexibility index (Phi) is 3.57. The standard InChI is InChI=1S/C20H16O3/c1-11(21)17-10-18-15-7-5-4-6-14(15)8-9-16(18)19(12(2)22)20(17)13(3)23/h4-10H,1-3H3. The van der Waals surface area contributed by atoms with Crippen molar-refractivity contribution in [1.29, 1.82) is 0 Å². The molecule has 0 aliphatic carbocycles. The molecule has 0 aliphatic rings. The van der Waals surface area contributed by atoms with Crippen LogP contribution in [0.4, 0.5) is 0 Å². The Hall–Kier alpha value is -2.81. The Morgan fingerprint density at radius 2 is 1.30 bits per heavy atom. The molecule has 0 saturated heterocycles. The predicted octanol–water partition coefficient (Wildman–Crippen LogP) is 4.60. The Morgan fingerprint density at radius 3 is 1.91 bits per heavy atom. The zero-order chi connectivity index (χ0) is 16.7. The molecule has 0 heterocycles. The molecule has 0 atom stereocenters. The van der Waals surface area contributed by atoms with E-state index in [0.717, 1.165) is 16.2 Å². The number of ketones is 3. The predicted molar refractivity (Wildman–Crippen MR) is 91.5 cm³/mol. The topological polar surface area (TPSA) is 51.2 Å². The van der Waals surface area contributed by atoms with Crippen LogP contribution in [0, 0.1) is 0 Å². The molecule has 0 amide bonds. The molecule has 0 N–H and O–H groups in total. The van der Waals surface area contributed by atoms with Gasteiger partial charge in [-0.1, -0.05) is 36.4 Å². The molecule has 3 nitrogen and oxygen atoms in total. The second kappa shape index (κ2) is 5.43. The lowest BCUT2D eigenvalue weighted by Gasteiger charge is -2.14. The lowest BCUT2D eigenvalue weighted by molar-refractivity contribution is 0.0969. The number of hydrogen-bond acceptors (Lipinski definition) is 3. The number of hydrogen-bond donors (Lipinski definition) is 0. The Labute approximate surface area is 133 Å². The first-order valence-corrected chi connectivity index (χ1v) is 7.43. The minimum Gasteiger partial charge on any atom is -0.294 e. The summed E-state index contributed by atoms with van der Waals surface area (Å²) >= 11 is 0. The fourth-order valence-corrected chi connectivity index (χ4v) is 3.16. The van der Waals surface area contributed by atoms with Crippen LogP contribution in [0.25, 0.3) is 21.5 Å². The van der Waals surface area contributed by atoms with Crippen LogP contribution in [0.15, 0.2) is 42.5 Å². The van der Waals surface area contributed by atoms with Crippen LogP contribution in [-0.4, -0.2) is 17.3 Å². The van der Waals surface area contributed by atoms with E-state index in [1.165, 1.54) is 20.8 Å². The van der Waals surface area contributed by atoms with Crippen molar-refractivity contribution in [3.05, 3.63) is 59.2 Å². The first-order valence-electron chi connectivity index (χ1n) is 7.43. The third-order valence-corrected chi connectivity index (χ3v) is 4.13. The third-order valence-electron chi connectivity index (χ3n) is 4.13. The van der Waals surface area contributed by atoms with Crippen molar-refractivity contribution in [1.82, 2.24) is 0 Å². The molecule has 0 fully saturated rings. The lowest BCUT2D eigenvalue weighted by Crippen LogP contribution is -2.12. The smallest absolute Gasteiger partial charge is 0.161 e. The maximum absolute atomic E-state index is 12.2. The monoisotopic (exact) mass is 304 g/mol.